The molecule has 0 spiro atoms. The predicted molar refractivity (Wildman–Crippen MR) is 92.8 cm³/mol. The Bertz CT molecular complexity index is 515. The van der Waals surface area contributed by atoms with Crippen LogP contribution >= 0.6 is 0 Å². The molecule has 2 atom stereocenters. The van der Waals surface area contributed by atoms with Gasteiger partial charge in [-0.1, -0.05) is 30.3 Å². The molecular formula is C19H28N2O3. The maximum absolute atomic E-state index is 12.2. The van der Waals surface area contributed by atoms with Crippen LogP contribution < -0.4 is 0 Å². The quantitative estimate of drug-likeness (QED) is 0.798. The normalized spacial score (nSPS) is 25.1. The second-order valence-corrected chi connectivity index (χ2v) is 6.77. The second-order valence-electron chi connectivity index (χ2n) is 6.77. The number of hydrogen-bond donors (Lipinski definition) is 1. The van der Waals surface area contributed by atoms with E-state index in [4.69, 9.17) is 4.74 Å². The van der Waals surface area contributed by atoms with Crippen LogP contribution in [0.15, 0.2) is 30.3 Å². The Morgan fingerprint density at radius 3 is 2.54 bits per heavy atom. The van der Waals surface area contributed by atoms with E-state index in [2.05, 4.69) is 17.0 Å². The monoisotopic (exact) mass is 332 g/mol. The molecule has 24 heavy (non-hydrogen) atoms. The van der Waals surface area contributed by atoms with E-state index in [0.29, 0.717) is 12.6 Å². The van der Waals surface area contributed by atoms with E-state index in [1.54, 1.807) is 0 Å². The molecule has 132 valence electrons. The maximum Gasteiger partial charge on any atom is 0.248 e. The summed E-state index contributed by atoms with van der Waals surface area (Å²) in [6.07, 6.45) is 3.76. The number of amides is 1. The fourth-order valence-corrected chi connectivity index (χ4v) is 3.74. The number of rotatable bonds is 6. The summed E-state index contributed by atoms with van der Waals surface area (Å²) < 4.78 is 5.55. The van der Waals surface area contributed by atoms with Gasteiger partial charge in [-0.15, -0.1) is 0 Å². The first kappa shape index (κ1) is 17.4. The Kier molecular flexibility index (Phi) is 6.24. The second kappa shape index (κ2) is 8.60. The van der Waals surface area contributed by atoms with Crippen molar-refractivity contribution in [1.82, 2.24) is 9.80 Å². The van der Waals surface area contributed by atoms with Crippen LogP contribution in [0.5, 0.6) is 0 Å². The predicted octanol–water partition coefficient (Wildman–Crippen LogP) is 1.30. The van der Waals surface area contributed by atoms with Crippen LogP contribution in [0.3, 0.4) is 0 Å². The lowest BCUT2D eigenvalue weighted by Gasteiger charge is -2.39. The zero-order chi connectivity index (χ0) is 16.8. The fourth-order valence-electron chi connectivity index (χ4n) is 3.74. The third-order valence-corrected chi connectivity index (χ3v) is 5.18. The Hall–Kier alpha value is -1.43. The van der Waals surface area contributed by atoms with E-state index in [-0.39, 0.29) is 18.6 Å². The van der Waals surface area contributed by atoms with Crippen LogP contribution in [-0.4, -0.2) is 72.4 Å². The summed E-state index contributed by atoms with van der Waals surface area (Å²) in [7, 11) is 0. The summed E-state index contributed by atoms with van der Waals surface area (Å²) in [5.74, 6) is 0.0784. The largest absolute Gasteiger partial charge is 0.391 e. The lowest BCUT2D eigenvalue weighted by Crippen LogP contribution is -2.54. The first-order valence-corrected chi connectivity index (χ1v) is 9.05. The van der Waals surface area contributed by atoms with Crippen molar-refractivity contribution < 1.29 is 14.6 Å². The first-order chi connectivity index (χ1) is 11.7. The first-order valence-electron chi connectivity index (χ1n) is 9.05. The van der Waals surface area contributed by atoms with Crippen molar-refractivity contribution >= 4 is 5.91 Å². The number of carbonyl (C=O) groups is 1. The van der Waals surface area contributed by atoms with Gasteiger partial charge >= 0.3 is 0 Å². The molecule has 3 rings (SSSR count). The highest BCUT2D eigenvalue weighted by atomic mass is 16.5. The molecule has 2 unspecified atom stereocenters. The zero-order valence-corrected chi connectivity index (χ0v) is 14.3. The number of ether oxygens (including phenoxy) is 1. The molecule has 0 aromatic heterocycles. The highest BCUT2D eigenvalue weighted by Gasteiger charge is 2.33. The number of hydrogen-bond acceptors (Lipinski definition) is 4. The summed E-state index contributed by atoms with van der Waals surface area (Å²) >= 11 is 0. The molecule has 1 saturated carbocycles. The van der Waals surface area contributed by atoms with Gasteiger partial charge in [-0.05, 0) is 31.2 Å². The number of benzene rings is 1. The molecular weight excluding hydrogens is 304 g/mol. The van der Waals surface area contributed by atoms with Crippen molar-refractivity contribution in [2.75, 3.05) is 39.4 Å². The van der Waals surface area contributed by atoms with Crippen molar-refractivity contribution in [2.24, 2.45) is 0 Å². The van der Waals surface area contributed by atoms with Gasteiger partial charge in [0.2, 0.25) is 5.91 Å². The molecule has 1 saturated heterocycles. The summed E-state index contributed by atoms with van der Waals surface area (Å²) in [4.78, 5) is 16.5. The van der Waals surface area contributed by atoms with Crippen LogP contribution in [-0.2, 0) is 16.0 Å². The number of carbonyl (C=O) groups excluding carboxylic acids is 1. The topological polar surface area (TPSA) is 53.0 Å². The molecule has 1 aliphatic heterocycles. The minimum Gasteiger partial charge on any atom is -0.391 e. The van der Waals surface area contributed by atoms with Crippen molar-refractivity contribution in [1.29, 1.82) is 0 Å². The van der Waals surface area contributed by atoms with Gasteiger partial charge in [0.1, 0.15) is 6.61 Å². The van der Waals surface area contributed by atoms with E-state index in [0.717, 1.165) is 51.9 Å². The Labute approximate surface area is 144 Å². The molecule has 2 fully saturated rings. The molecule has 1 aromatic carbocycles. The molecule has 0 radical (unpaired) electrons. The van der Waals surface area contributed by atoms with E-state index < -0.39 is 0 Å². The highest BCUT2D eigenvalue weighted by molar-refractivity contribution is 5.77. The molecule has 1 amide bonds. The molecule has 5 nitrogen and oxygen atoms in total. The van der Waals surface area contributed by atoms with Gasteiger partial charge in [0.05, 0.1) is 12.7 Å². The molecule has 5 heteroatoms. The van der Waals surface area contributed by atoms with Crippen LogP contribution in [0.25, 0.3) is 0 Å². The number of piperazine rings is 1. The lowest BCUT2D eigenvalue weighted by molar-refractivity contribution is -0.138. The van der Waals surface area contributed by atoms with Crippen molar-refractivity contribution in [3.63, 3.8) is 0 Å². The lowest BCUT2D eigenvalue weighted by atomic mass is 10.1. The van der Waals surface area contributed by atoms with Crippen molar-refractivity contribution in [3.8, 4) is 0 Å². The minimum absolute atomic E-state index is 0.0784. The molecule has 1 heterocycles. The smallest absolute Gasteiger partial charge is 0.248 e. The summed E-state index contributed by atoms with van der Waals surface area (Å²) in [6.45, 7) is 3.94. The van der Waals surface area contributed by atoms with Gasteiger partial charge in [-0.2, -0.15) is 0 Å². The molecule has 1 N–H and O–H groups in total. The van der Waals surface area contributed by atoms with E-state index in [1.807, 2.05) is 23.1 Å². The van der Waals surface area contributed by atoms with Gasteiger partial charge in [-0.3, -0.25) is 9.69 Å². The number of nitrogens with zero attached hydrogens (tertiary/aromatic N) is 2. The van der Waals surface area contributed by atoms with Gasteiger partial charge in [0.25, 0.3) is 0 Å². The maximum atomic E-state index is 12.2. The Morgan fingerprint density at radius 1 is 1.12 bits per heavy atom. The molecule has 0 bridgehead atoms. The molecule has 1 aliphatic carbocycles. The summed E-state index contributed by atoms with van der Waals surface area (Å²) in [6, 6.07) is 10.5. The van der Waals surface area contributed by atoms with Crippen LogP contribution in [0.4, 0.5) is 0 Å². The SMILES string of the molecule is O=C(COCCc1ccccc1)N1CCN(C2CCCC2O)CC1. The van der Waals surface area contributed by atoms with Gasteiger partial charge in [0.15, 0.2) is 0 Å². The zero-order valence-electron chi connectivity index (χ0n) is 14.3. The van der Waals surface area contributed by atoms with Gasteiger partial charge in [-0.25, -0.2) is 0 Å². The van der Waals surface area contributed by atoms with Crippen molar-refractivity contribution in [2.45, 2.75) is 37.8 Å². The average Bonchev–Trinajstić information content (AvgIpc) is 3.05. The van der Waals surface area contributed by atoms with E-state index in [9.17, 15) is 9.90 Å². The average molecular weight is 332 g/mol. The van der Waals surface area contributed by atoms with Gasteiger partial charge in [0, 0.05) is 32.2 Å². The third kappa shape index (κ3) is 4.56. The fraction of sp³-hybridized carbons (Fsp3) is 0.632. The summed E-state index contributed by atoms with van der Waals surface area (Å²) in [5.41, 5.74) is 1.23. The van der Waals surface area contributed by atoms with Crippen LogP contribution in [0, 0.1) is 0 Å². The van der Waals surface area contributed by atoms with Crippen molar-refractivity contribution in [3.05, 3.63) is 35.9 Å². The number of aliphatic hydroxyl groups excluding tert-OH is 1. The standard InChI is InChI=1S/C19H28N2O3/c22-18-8-4-7-17(18)20-10-12-21(13-11-20)19(23)15-24-14-9-16-5-2-1-3-6-16/h1-3,5-6,17-18,22H,4,7-15H2. The Balaban J connectivity index is 1.33. The summed E-state index contributed by atoms with van der Waals surface area (Å²) in [5, 5.41) is 10.0. The number of aliphatic hydroxyl groups is 1. The Morgan fingerprint density at radius 2 is 1.88 bits per heavy atom. The van der Waals surface area contributed by atoms with Crippen LogP contribution in [0.1, 0.15) is 24.8 Å². The molecule has 1 aromatic rings. The minimum atomic E-state index is -0.187. The third-order valence-electron chi connectivity index (χ3n) is 5.18. The van der Waals surface area contributed by atoms with E-state index in [1.165, 1.54) is 5.56 Å². The van der Waals surface area contributed by atoms with Gasteiger partial charge < -0.3 is 14.7 Å². The van der Waals surface area contributed by atoms with Crippen LogP contribution in [0.2, 0.25) is 0 Å². The molecule has 2 aliphatic rings. The van der Waals surface area contributed by atoms with E-state index >= 15 is 0 Å². The highest BCUT2D eigenvalue weighted by Crippen LogP contribution is 2.25.